The molecule has 5 rings (SSSR count). The van der Waals surface area contributed by atoms with E-state index in [2.05, 4.69) is 26.4 Å². The maximum atomic E-state index is 13.1. The van der Waals surface area contributed by atoms with Crippen LogP contribution in [-0.2, 0) is 14.3 Å². The van der Waals surface area contributed by atoms with Gasteiger partial charge in [-0.05, 0) is 43.2 Å². The monoisotopic (exact) mass is 584 g/mol. The van der Waals surface area contributed by atoms with Crippen molar-refractivity contribution in [2.45, 2.75) is 19.4 Å². The minimum absolute atomic E-state index is 0.0124. The maximum Gasteiger partial charge on any atom is 0.246 e. The second kappa shape index (κ2) is 14.3. The summed E-state index contributed by atoms with van der Waals surface area (Å²) in [6.45, 7) is 6.83. The molecule has 1 atom stereocenters. The van der Waals surface area contributed by atoms with Crippen LogP contribution in [0.2, 0.25) is 0 Å². The number of likely N-dealkylation sites (tertiary alicyclic amines) is 1. The molecule has 2 aromatic heterocycles. The van der Waals surface area contributed by atoms with Gasteiger partial charge in [0.25, 0.3) is 0 Å². The summed E-state index contributed by atoms with van der Waals surface area (Å²) in [7, 11) is 3.38. The fourth-order valence-electron chi connectivity index (χ4n) is 5.68. The number of nitrogens with two attached hydrogens (primary N) is 1. The lowest BCUT2D eigenvalue weighted by molar-refractivity contribution is -0.125. The van der Waals surface area contributed by atoms with E-state index in [1.54, 1.807) is 20.3 Å². The number of nitrogen functional groups attached to an aromatic ring is 1. The Labute approximate surface area is 252 Å². The summed E-state index contributed by atoms with van der Waals surface area (Å²) in [5.41, 5.74) is 10.3. The van der Waals surface area contributed by atoms with Gasteiger partial charge in [-0.3, -0.25) is 9.69 Å². The zero-order valence-electron chi connectivity index (χ0n) is 25.1. The van der Waals surface area contributed by atoms with E-state index in [0.29, 0.717) is 38.7 Å². The molecule has 2 N–H and O–H groups in total. The predicted molar refractivity (Wildman–Crippen MR) is 168 cm³/mol. The first-order chi connectivity index (χ1) is 21.0. The molecule has 1 amide bonds. The van der Waals surface area contributed by atoms with Gasteiger partial charge in [-0.25, -0.2) is 9.97 Å². The number of hydrogen-bond acceptors (Lipinski definition) is 8. The summed E-state index contributed by atoms with van der Waals surface area (Å²) in [6, 6.07) is 17.8. The molecule has 4 aromatic rings. The minimum Gasteiger partial charge on any atom is -0.457 e. The third-order valence-corrected chi connectivity index (χ3v) is 7.87. The van der Waals surface area contributed by atoms with Crippen LogP contribution in [0.3, 0.4) is 0 Å². The number of nitrogens with zero attached hydrogens (tertiary/aromatic N) is 5. The van der Waals surface area contributed by atoms with Crippen molar-refractivity contribution in [2.75, 3.05) is 65.9 Å². The first-order valence-electron chi connectivity index (χ1n) is 14.6. The van der Waals surface area contributed by atoms with Gasteiger partial charge < -0.3 is 29.4 Å². The SMILES string of the molecule is COCCN(CC=CC(=O)N1CC[C@@H](n2c(C)c(-c3ccc(Oc4ccccc4)cc3)c3c(N)ncnc32)C1)CCOC. The summed E-state index contributed by atoms with van der Waals surface area (Å²) >= 11 is 0. The Balaban J connectivity index is 1.33. The average molecular weight is 585 g/mol. The third kappa shape index (κ3) is 7.05. The van der Waals surface area contributed by atoms with Gasteiger partial charge in [0.2, 0.25) is 5.91 Å². The zero-order chi connectivity index (χ0) is 30.2. The number of carbonyl (C=O) groups is 1. The first kappa shape index (κ1) is 30.2. The molecular formula is C33H40N6O4. The van der Waals surface area contributed by atoms with Crippen molar-refractivity contribution in [1.82, 2.24) is 24.3 Å². The highest BCUT2D eigenvalue weighted by molar-refractivity contribution is 6.02. The van der Waals surface area contributed by atoms with Crippen LogP contribution < -0.4 is 10.5 Å². The molecule has 0 aliphatic carbocycles. The predicted octanol–water partition coefficient (Wildman–Crippen LogP) is 4.71. The quantitative estimate of drug-likeness (QED) is 0.225. The first-order valence-corrected chi connectivity index (χ1v) is 14.6. The summed E-state index contributed by atoms with van der Waals surface area (Å²) in [4.78, 5) is 26.2. The van der Waals surface area contributed by atoms with Crippen molar-refractivity contribution in [1.29, 1.82) is 0 Å². The highest BCUT2D eigenvalue weighted by Gasteiger charge is 2.31. The molecule has 1 fully saturated rings. The van der Waals surface area contributed by atoms with E-state index in [1.165, 1.54) is 6.33 Å². The number of hydrogen-bond donors (Lipinski definition) is 1. The number of carbonyl (C=O) groups excluding carboxylic acids is 1. The van der Waals surface area contributed by atoms with Crippen LogP contribution in [0.1, 0.15) is 18.2 Å². The lowest BCUT2D eigenvalue weighted by atomic mass is 10.0. The number of para-hydroxylation sites is 1. The number of aromatic nitrogens is 3. The molecule has 10 heteroatoms. The summed E-state index contributed by atoms with van der Waals surface area (Å²) in [5, 5.41) is 0.827. The molecule has 1 saturated heterocycles. The number of fused-ring (bicyclic) bond motifs is 1. The molecule has 0 saturated carbocycles. The fraction of sp³-hybridized carbons (Fsp3) is 0.364. The Kier molecular flexibility index (Phi) is 10.0. The topological polar surface area (TPSA) is 108 Å². The van der Waals surface area contributed by atoms with Gasteiger partial charge in [-0.15, -0.1) is 0 Å². The van der Waals surface area contributed by atoms with Gasteiger partial charge >= 0.3 is 0 Å². The van der Waals surface area contributed by atoms with Gasteiger partial charge in [0.15, 0.2) is 0 Å². The Morgan fingerprint density at radius 3 is 2.42 bits per heavy atom. The van der Waals surface area contributed by atoms with Crippen LogP contribution in [0.15, 0.2) is 73.1 Å². The second-order valence-corrected chi connectivity index (χ2v) is 10.6. The Bertz CT molecular complexity index is 1530. The normalized spacial score (nSPS) is 15.3. The van der Waals surface area contributed by atoms with Gasteiger partial charge in [-0.2, -0.15) is 0 Å². The molecule has 0 radical (unpaired) electrons. The van der Waals surface area contributed by atoms with Crippen LogP contribution >= 0.6 is 0 Å². The number of rotatable bonds is 13. The molecule has 0 spiro atoms. The fourth-order valence-corrected chi connectivity index (χ4v) is 5.68. The van der Waals surface area contributed by atoms with E-state index in [-0.39, 0.29) is 11.9 Å². The lowest BCUT2D eigenvalue weighted by Crippen LogP contribution is -2.31. The van der Waals surface area contributed by atoms with Gasteiger partial charge in [0, 0.05) is 64.3 Å². The number of benzene rings is 2. The molecule has 2 aromatic carbocycles. The minimum atomic E-state index is 0.0124. The van der Waals surface area contributed by atoms with Crippen LogP contribution in [0, 0.1) is 6.92 Å². The van der Waals surface area contributed by atoms with Crippen LogP contribution in [0.4, 0.5) is 5.82 Å². The molecule has 1 aliphatic heterocycles. The molecule has 226 valence electrons. The van der Waals surface area contributed by atoms with Crippen molar-refractivity contribution in [3.8, 4) is 22.6 Å². The Hall–Kier alpha value is -4.25. The number of methoxy groups -OCH3 is 2. The zero-order valence-corrected chi connectivity index (χ0v) is 25.1. The average Bonchev–Trinajstić information content (AvgIpc) is 3.62. The van der Waals surface area contributed by atoms with E-state index < -0.39 is 0 Å². The molecule has 0 bridgehead atoms. The number of anilines is 1. The molecule has 0 unspecified atom stereocenters. The summed E-state index contributed by atoms with van der Waals surface area (Å²) in [6.07, 6.45) is 5.94. The van der Waals surface area contributed by atoms with Crippen molar-refractivity contribution in [3.63, 3.8) is 0 Å². The molecule has 1 aliphatic rings. The van der Waals surface area contributed by atoms with Gasteiger partial charge in [0.05, 0.1) is 24.6 Å². The van der Waals surface area contributed by atoms with E-state index >= 15 is 0 Å². The van der Waals surface area contributed by atoms with Crippen molar-refractivity contribution >= 4 is 22.8 Å². The number of ether oxygens (including phenoxy) is 3. The van der Waals surface area contributed by atoms with E-state index in [1.807, 2.05) is 65.6 Å². The van der Waals surface area contributed by atoms with Crippen LogP contribution in [0.25, 0.3) is 22.2 Å². The largest absolute Gasteiger partial charge is 0.457 e. The van der Waals surface area contributed by atoms with E-state index in [0.717, 1.165) is 58.9 Å². The molecule has 3 heterocycles. The highest BCUT2D eigenvalue weighted by Crippen LogP contribution is 2.40. The van der Waals surface area contributed by atoms with Crippen molar-refractivity contribution < 1.29 is 19.0 Å². The smallest absolute Gasteiger partial charge is 0.246 e. The molecule has 43 heavy (non-hydrogen) atoms. The summed E-state index contributed by atoms with van der Waals surface area (Å²) in [5.74, 6) is 1.98. The second-order valence-electron chi connectivity index (χ2n) is 10.6. The van der Waals surface area contributed by atoms with Gasteiger partial charge in [-0.1, -0.05) is 36.4 Å². The Morgan fingerprint density at radius 1 is 1.02 bits per heavy atom. The van der Waals surface area contributed by atoms with Crippen LogP contribution in [0.5, 0.6) is 11.5 Å². The third-order valence-electron chi connectivity index (χ3n) is 7.87. The molecule has 10 nitrogen and oxygen atoms in total. The van der Waals surface area contributed by atoms with E-state index in [4.69, 9.17) is 19.9 Å². The highest BCUT2D eigenvalue weighted by atomic mass is 16.5. The maximum absolute atomic E-state index is 13.1. The summed E-state index contributed by atoms with van der Waals surface area (Å²) < 4.78 is 18.6. The van der Waals surface area contributed by atoms with Crippen molar-refractivity contribution in [2.24, 2.45) is 0 Å². The van der Waals surface area contributed by atoms with Crippen molar-refractivity contribution in [3.05, 3.63) is 78.8 Å². The standard InChI is InChI=1S/C33H40N6O4/c1-24-30(25-11-13-28(14-12-25)43-27-8-5-4-6-9-27)31-32(34)35-23-36-33(31)39(24)26-15-17-38(22-26)29(40)10-7-16-37(18-20-41-2)19-21-42-3/h4-14,23,26H,15-22H2,1-3H3,(H2,34,35,36)/t26-/m1/s1. The Morgan fingerprint density at radius 2 is 1.72 bits per heavy atom. The van der Waals surface area contributed by atoms with Gasteiger partial charge in [0.1, 0.15) is 29.3 Å². The van der Waals surface area contributed by atoms with E-state index in [9.17, 15) is 4.79 Å². The lowest BCUT2D eigenvalue weighted by Gasteiger charge is -2.20. The molecular weight excluding hydrogens is 544 g/mol. The van der Waals surface area contributed by atoms with Crippen LogP contribution in [-0.4, -0.2) is 90.4 Å². The number of amides is 1.